The maximum atomic E-state index is 5.58. The Hall–Kier alpha value is -2.10. The van der Waals surface area contributed by atoms with Gasteiger partial charge in [0.05, 0.1) is 11.9 Å². The molecule has 0 aliphatic heterocycles. The molecule has 104 valence electrons. The largest absolute Gasteiger partial charge is 0.443 e. The van der Waals surface area contributed by atoms with Crippen LogP contribution in [0, 0.1) is 0 Å². The number of imidazole rings is 1. The first kappa shape index (κ1) is 12.9. The van der Waals surface area contributed by atoms with Gasteiger partial charge < -0.3 is 9.40 Å². The van der Waals surface area contributed by atoms with Crippen LogP contribution < -0.4 is 0 Å². The van der Waals surface area contributed by atoms with Gasteiger partial charge in [-0.2, -0.15) is 0 Å². The first-order valence-corrected chi connectivity index (χ1v) is 6.99. The fraction of sp³-hybridized carbons (Fsp3) is 0.375. The van der Waals surface area contributed by atoms with Gasteiger partial charge in [0, 0.05) is 11.5 Å². The number of hydrogen-bond acceptors (Lipinski definition) is 3. The van der Waals surface area contributed by atoms with Crippen molar-refractivity contribution in [2.24, 2.45) is 0 Å². The molecule has 0 atom stereocenters. The van der Waals surface area contributed by atoms with Gasteiger partial charge in [-0.15, -0.1) is 0 Å². The molecular weight excluding hydrogens is 250 g/mol. The van der Waals surface area contributed by atoms with E-state index in [1.165, 1.54) is 12.0 Å². The highest BCUT2D eigenvalue weighted by Gasteiger charge is 2.15. The van der Waals surface area contributed by atoms with Crippen LogP contribution in [-0.2, 0) is 0 Å². The number of rotatable bonds is 3. The Morgan fingerprint density at radius 2 is 1.85 bits per heavy atom. The Bertz CT molecular complexity index is 737. The zero-order valence-corrected chi connectivity index (χ0v) is 12.3. The molecule has 0 aliphatic rings. The number of benzene rings is 1. The molecule has 2 heterocycles. The summed E-state index contributed by atoms with van der Waals surface area (Å²) >= 11 is 0. The minimum absolute atomic E-state index is 0.381. The molecule has 0 bridgehead atoms. The summed E-state index contributed by atoms with van der Waals surface area (Å²) in [6.07, 6.45) is 3.38. The third kappa shape index (κ3) is 2.01. The third-order valence-corrected chi connectivity index (χ3v) is 3.57. The standard InChI is InChI=1S/C16H19N3O/c1-9(2)11-5-6-12(14-15(11)20-8-18-14)13-7-17-16(19-13)10(3)4/h5-10H,1-4H3,(H,17,19). The number of oxazole rings is 1. The molecule has 0 spiro atoms. The average Bonchev–Trinajstić information content (AvgIpc) is 3.06. The van der Waals surface area contributed by atoms with Gasteiger partial charge in [-0.25, -0.2) is 9.97 Å². The summed E-state index contributed by atoms with van der Waals surface area (Å²) in [6.45, 7) is 8.56. The van der Waals surface area contributed by atoms with E-state index in [9.17, 15) is 0 Å². The van der Waals surface area contributed by atoms with Gasteiger partial charge in [0.25, 0.3) is 0 Å². The van der Waals surface area contributed by atoms with Gasteiger partial charge in [0.1, 0.15) is 11.3 Å². The molecule has 0 radical (unpaired) electrons. The molecule has 0 saturated heterocycles. The smallest absolute Gasteiger partial charge is 0.182 e. The van der Waals surface area contributed by atoms with Crippen LogP contribution in [0.2, 0.25) is 0 Å². The van der Waals surface area contributed by atoms with E-state index in [0.717, 1.165) is 28.2 Å². The van der Waals surface area contributed by atoms with Gasteiger partial charge in [0.15, 0.2) is 12.0 Å². The second kappa shape index (κ2) is 4.78. The van der Waals surface area contributed by atoms with Crippen molar-refractivity contribution in [1.82, 2.24) is 15.0 Å². The van der Waals surface area contributed by atoms with Crippen LogP contribution in [0.5, 0.6) is 0 Å². The maximum absolute atomic E-state index is 5.58. The molecular formula is C16H19N3O. The van der Waals surface area contributed by atoms with Crippen LogP contribution in [0.3, 0.4) is 0 Å². The molecule has 4 nitrogen and oxygen atoms in total. The van der Waals surface area contributed by atoms with Crippen molar-refractivity contribution in [2.75, 3.05) is 0 Å². The fourth-order valence-corrected chi connectivity index (χ4v) is 2.41. The monoisotopic (exact) mass is 269 g/mol. The van der Waals surface area contributed by atoms with Crippen molar-refractivity contribution in [1.29, 1.82) is 0 Å². The van der Waals surface area contributed by atoms with E-state index in [1.807, 2.05) is 6.20 Å². The van der Waals surface area contributed by atoms with E-state index in [4.69, 9.17) is 4.42 Å². The van der Waals surface area contributed by atoms with Crippen molar-refractivity contribution >= 4 is 11.1 Å². The lowest BCUT2D eigenvalue weighted by Gasteiger charge is -2.07. The van der Waals surface area contributed by atoms with E-state index in [0.29, 0.717) is 11.8 Å². The van der Waals surface area contributed by atoms with Gasteiger partial charge in [-0.05, 0) is 11.5 Å². The quantitative estimate of drug-likeness (QED) is 0.763. The predicted octanol–water partition coefficient (Wildman–Crippen LogP) is 4.46. The minimum Gasteiger partial charge on any atom is -0.443 e. The van der Waals surface area contributed by atoms with Gasteiger partial charge in [-0.3, -0.25) is 0 Å². The molecule has 3 rings (SSSR count). The zero-order valence-electron chi connectivity index (χ0n) is 12.3. The molecule has 0 amide bonds. The minimum atomic E-state index is 0.381. The first-order valence-electron chi connectivity index (χ1n) is 6.99. The van der Waals surface area contributed by atoms with Crippen LogP contribution in [0.1, 0.15) is 50.9 Å². The molecule has 2 aromatic heterocycles. The predicted molar refractivity (Wildman–Crippen MR) is 79.8 cm³/mol. The Balaban J connectivity index is 2.17. The van der Waals surface area contributed by atoms with E-state index in [-0.39, 0.29) is 0 Å². The number of nitrogens with zero attached hydrogens (tertiary/aromatic N) is 2. The summed E-state index contributed by atoms with van der Waals surface area (Å²) < 4.78 is 5.58. The van der Waals surface area contributed by atoms with Crippen molar-refractivity contribution in [2.45, 2.75) is 39.5 Å². The van der Waals surface area contributed by atoms with Crippen molar-refractivity contribution in [3.8, 4) is 11.3 Å². The third-order valence-electron chi connectivity index (χ3n) is 3.57. The molecule has 0 saturated carbocycles. The molecule has 0 unspecified atom stereocenters. The second-order valence-electron chi connectivity index (χ2n) is 5.72. The molecule has 1 aromatic carbocycles. The Labute approximate surface area is 118 Å². The number of fused-ring (bicyclic) bond motifs is 1. The highest BCUT2D eigenvalue weighted by molar-refractivity contribution is 5.91. The van der Waals surface area contributed by atoms with Crippen LogP contribution >= 0.6 is 0 Å². The summed E-state index contributed by atoms with van der Waals surface area (Å²) in [7, 11) is 0. The molecule has 1 N–H and O–H groups in total. The highest BCUT2D eigenvalue weighted by Crippen LogP contribution is 2.32. The summed E-state index contributed by atoms with van der Waals surface area (Å²) in [5.41, 5.74) is 4.98. The molecule has 3 aromatic rings. The number of aromatic amines is 1. The molecule has 4 heteroatoms. The summed E-state index contributed by atoms with van der Waals surface area (Å²) in [4.78, 5) is 12.2. The zero-order chi connectivity index (χ0) is 14.3. The van der Waals surface area contributed by atoms with E-state index < -0.39 is 0 Å². The molecule has 0 aliphatic carbocycles. The lowest BCUT2D eigenvalue weighted by Crippen LogP contribution is -1.91. The van der Waals surface area contributed by atoms with Gasteiger partial charge >= 0.3 is 0 Å². The van der Waals surface area contributed by atoms with Crippen molar-refractivity contribution in [3.05, 3.63) is 36.1 Å². The highest BCUT2D eigenvalue weighted by atomic mass is 16.3. The van der Waals surface area contributed by atoms with Crippen LogP contribution in [0.15, 0.2) is 29.1 Å². The van der Waals surface area contributed by atoms with Crippen molar-refractivity contribution in [3.63, 3.8) is 0 Å². The molecule has 0 fully saturated rings. The van der Waals surface area contributed by atoms with E-state index in [1.54, 1.807) is 0 Å². The van der Waals surface area contributed by atoms with E-state index >= 15 is 0 Å². The number of aromatic nitrogens is 3. The second-order valence-corrected chi connectivity index (χ2v) is 5.72. The van der Waals surface area contributed by atoms with E-state index in [2.05, 4.69) is 54.8 Å². The fourth-order valence-electron chi connectivity index (χ4n) is 2.41. The summed E-state index contributed by atoms with van der Waals surface area (Å²) in [5.74, 6) is 1.78. The number of nitrogens with one attached hydrogen (secondary N) is 1. The first-order chi connectivity index (χ1) is 9.58. The topological polar surface area (TPSA) is 54.7 Å². The Morgan fingerprint density at radius 3 is 2.50 bits per heavy atom. The van der Waals surface area contributed by atoms with Gasteiger partial charge in [-0.1, -0.05) is 39.8 Å². The van der Waals surface area contributed by atoms with Crippen LogP contribution in [-0.4, -0.2) is 15.0 Å². The summed E-state index contributed by atoms with van der Waals surface area (Å²) in [5, 5.41) is 0. The lowest BCUT2D eigenvalue weighted by molar-refractivity contribution is 0.594. The molecule has 20 heavy (non-hydrogen) atoms. The maximum Gasteiger partial charge on any atom is 0.182 e. The number of hydrogen-bond donors (Lipinski definition) is 1. The Morgan fingerprint density at radius 1 is 1.05 bits per heavy atom. The van der Waals surface area contributed by atoms with Gasteiger partial charge in [0.2, 0.25) is 0 Å². The summed E-state index contributed by atoms with van der Waals surface area (Å²) in [6, 6.07) is 4.21. The van der Waals surface area contributed by atoms with Crippen molar-refractivity contribution < 1.29 is 4.42 Å². The normalized spacial score (nSPS) is 11.9. The SMILES string of the molecule is CC(C)c1ncc(-c2ccc(C(C)C)c3ocnc23)[nH]1. The number of H-pyrrole nitrogens is 1. The van der Waals surface area contributed by atoms with Crippen LogP contribution in [0.4, 0.5) is 0 Å². The lowest BCUT2D eigenvalue weighted by atomic mass is 9.99. The Kier molecular flexibility index (Phi) is 3.08. The van der Waals surface area contributed by atoms with Crippen LogP contribution in [0.25, 0.3) is 22.4 Å². The average molecular weight is 269 g/mol.